The van der Waals surface area contributed by atoms with Crippen molar-refractivity contribution in [3.63, 3.8) is 0 Å². The number of carbonyl (C=O) groups excluding carboxylic acids is 1. The second-order valence-electron chi connectivity index (χ2n) is 9.68. The van der Waals surface area contributed by atoms with Crippen molar-refractivity contribution in [3.8, 4) is 0 Å². The van der Waals surface area contributed by atoms with E-state index in [1.54, 1.807) is 16.9 Å². The fourth-order valence-corrected chi connectivity index (χ4v) is 6.28. The van der Waals surface area contributed by atoms with Gasteiger partial charge in [0.2, 0.25) is 0 Å². The molecule has 35 heavy (non-hydrogen) atoms. The van der Waals surface area contributed by atoms with Gasteiger partial charge in [-0.25, -0.2) is 9.50 Å². The van der Waals surface area contributed by atoms with Gasteiger partial charge < -0.3 is 5.32 Å². The van der Waals surface area contributed by atoms with Crippen LogP contribution in [0.3, 0.4) is 0 Å². The molecule has 2 aliphatic rings. The Morgan fingerprint density at radius 1 is 1.20 bits per heavy atom. The molecule has 0 bridgehead atoms. The first-order valence-corrected chi connectivity index (χ1v) is 13.2. The number of carbonyl (C=O) groups is 1. The molecular weight excluding hydrogens is 475 g/mol. The lowest BCUT2D eigenvalue weighted by atomic mass is 9.84. The number of aromatic nitrogens is 3. The first-order chi connectivity index (χ1) is 16.8. The molecule has 3 aromatic rings. The zero-order valence-corrected chi connectivity index (χ0v) is 20.4. The average Bonchev–Trinajstić information content (AvgIpc) is 3.45. The molecule has 1 N–H and O–H groups in total. The fraction of sp³-hybridized carbons (Fsp3) is 0.560. The summed E-state index contributed by atoms with van der Waals surface area (Å²) < 4.78 is 39.3. The van der Waals surface area contributed by atoms with Gasteiger partial charge >= 0.3 is 6.18 Å². The van der Waals surface area contributed by atoms with Gasteiger partial charge in [-0.3, -0.25) is 9.69 Å². The molecule has 1 fully saturated rings. The molecule has 1 saturated carbocycles. The number of aryl methyl sites for hydroxylation is 1. The van der Waals surface area contributed by atoms with Crippen molar-refractivity contribution in [2.75, 3.05) is 13.1 Å². The number of thiazole rings is 1. The first kappa shape index (κ1) is 24.2. The summed E-state index contributed by atoms with van der Waals surface area (Å²) in [6, 6.07) is 5.75. The molecule has 0 atom stereocenters. The van der Waals surface area contributed by atoms with Crippen LogP contribution in [0.5, 0.6) is 0 Å². The Hall–Kier alpha value is -2.46. The number of alkyl halides is 3. The quantitative estimate of drug-likeness (QED) is 0.490. The lowest BCUT2D eigenvalue weighted by Gasteiger charge is -2.32. The van der Waals surface area contributed by atoms with Crippen LogP contribution in [0, 0.1) is 5.92 Å². The third-order valence-electron chi connectivity index (χ3n) is 7.19. The number of hydrogen-bond acceptors (Lipinski definition) is 5. The van der Waals surface area contributed by atoms with Gasteiger partial charge in [-0.05, 0) is 69.2 Å². The van der Waals surface area contributed by atoms with E-state index in [2.05, 4.69) is 20.3 Å². The Labute approximate surface area is 206 Å². The predicted molar refractivity (Wildman–Crippen MR) is 128 cm³/mol. The third-order valence-corrected chi connectivity index (χ3v) is 8.41. The molecular formula is C25H30F3N5OS. The topological polar surface area (TPSA) is 62.5 Å². The molecule has 1 aliphatic carbocycles. The van der Waals surface area contributed by atoms with Crippen LogP contribution in [0.2, 0.25) is 0 Å². The monoisotopic (exact) mass is 505 g/mol. The Balaban J connectivity index is 1.05. The van der Waals surface area contributed by atoms with Crippen LogP contribution in [0.15, 0.2) is 30.6 Å². The minimum Gasteiger partial charge on any atom is -0.349 e. The normalized spacial score (nSPS) is 21.2. The van der Waals surface area contributed by atoms with E-state index in [1.165, 1.54) is 11.3 Å². The summed E-state index contributed by atoms with van der Waals surface area (Å²) in [5.74, 6) is 0.604. The molecule has 0 radical (unpaired) electrons. The van der Waals surface area contributed by atoms with Crippen molar-refractivity contribution in [2.24, 2.45) is 5.92 Å². The van der Waals surface area contributed by atoms with Crippen molar-refractivity contribution in [3.05, 3.63) is 51.7 Å². The zero-order chi connectivity index (χ0) is 24.4. The molecule has 0 spiro atoms. The molecule has 0 unspecified atom stereocenters. The highest BCUT2D eigenvalue weighted by Gasteiger charge is 2.29. The van der Waals surface area contributed by atoms with E-state index in [9.17, 15) is 18.0 Å². The van der Waals surface area contributed by atoms with Gasteiger partial charge in [0.1, 0.15) is 0 Å². The number of hydrogen-bond donors (Lipinski definition) is 1. The minimum absolute atomic E-state index is 0.0152. The largest absolute Gasteiger partial charge is 0.389 e. The number of rotatable bonds is 7. The summed E-state index contributed by atoms with van der Waals surface area (Å²) in [5.41, 5.74) is 2.45. The second-order valence-corrected chi connectivity index (χ2v) is 10.8. The van der Waals surface area contributed by atoms with Crippen LogP contribution in [0.25, 0.3) is 5.52 Å². The molecule has 1 aliphatic heterocycles. The first-order valence-electron chi connectivity index (χ1n) is 12.3. The van der Waals surface area contributed by atoms with Gasteiger partial charge in [-0.1, -0.05) is 0 Å². The smallest absolute Gasteiger partial charge is 0.349 e. The highest BCUT2D eigenvalue weighted by atomic mass is 32.1. The van der Waals surface area contributed by atoms with Gasteiger partial charge in [0, 0.05) is 49.2 Å². The maximum Gasteiger partial charge on any atom is 0.389 e. The van der Waals surface area contributed by atoms with Gasteiger partial charge in [0.25, 0.3) is 5.91 Å². The van der Waals surface area contributed by atoms with E-state index >= 15 is 0 Å². The minimum atomic E-state index is -4.13. The number of nitrogens with one attached hydrogen (secondary N) is 1. The molecule has 0 aromatic carbocycles. The van der Waals surface area contributed by atoms with Crippen LogP contribution in [0.4, 0.5) is 13.2 Å². The van der Waals surface area contributed by atoms with E-state index in [-0.39, 0.29) is 18.4 Å². The molecule has 4 heterocycles. The maximum absolute atomic E-state index is 12.8. The molecule has 1 amide bonds. The Morgan fingerprint density at radius 3 is 2.83 bits per heavy atom. The molecule has 5 rings (SSSR count). The highest BCUT2D eigenvalue weighted by Crippen LogP contribution is 2.31. The van der Waals surface area contributed by atoms with E-state index in [4.69, 9.17) is 0 Å². The third kappa shape index (κ3) is 6.03. The fourth-order valence-electron chi connectivity index (χ4n) is 5.21. The zero-order valence-electron chi connectivity index (χ0n) is 19.6. The number of halogens is 3. The van der Waals surface area contributed by atoms with Crippen LogP contribution in [-0.4, -0.2) is 50.7 Å². The van der Waals surface area contributed by atoms with Crippen molar-refractivity contribution in [1.29, 1.82) is 0 Å². The number of amides is 1. The molecule has 0 saturated heterocycles. The lowest BCUT2D eigenvalue weighted by Crippen LogP contribution is -2.38. The second kappa shape index (κ2) is 10.3. The summed E-state index contributed by atoms with van der Waals surface area (Å²) in [6.07, 6.45) is 4.71. The highest BCUT2D eigenvalue weighted by molar-refractivity contribution is 7.11. The van der Waals surface area contributed by atoms with Crippen LogP contribution >= 0.6 is 11.3 Å². The predicted octanol–water partition coefficient (Wildman–Crippen LogP) is 5.02. The van der Waals surface area contributed by atoms with E-state index < -0.39 is 12.6 Å². The Morgan fingerprint density at radius 2 is 2.03 bits per heavy atom. The molecule has 10 heteroatoms. The number of fused-ring (bicyclic) bond motifs is 2. The van der Waals surface area contributed by atoms with Crippen molar-refractivity contribution in [1.82, 2.24) is 24.8 Å². The molecule has 188 valence electrons. The summed E-state index contributed by atoms with van der Waals surface area (Å²) >= 11 is 1.45. The van der Waals surface area contributed by atoms with Crippen molar-refractivity contribution < 1.29 is 18.0 Å². The van der Waals surface area contributed by atoms with Gasteiger partial charge in [-0.2, -0.15) is 18.3 Å². The van der Waals surface area contributed by atoms with E-state index in [0.29, 0.717) is 16.5 Å². The molecule has 3 aromatic heterocycles. The Bertz CT molecular complexity index is 1170. The SMILES string of the molecule is O=C(N[C@H]1CC[C@H](CCN2CCc3sc(CCC(F)(F)F)nc3C2)CC1)c1ccn2ncccc12. The maximum atomic E-state index is 12.8. The van der Waals surface area contributed by atoms with E-state index in [1.807, 2.05) is 18.2 Å². The summed E-state index contributed by atoms with van der Waals surface area (Å²) in [4.78, 5) is 20.8. The van der Waals surface area contributed by atoms with Gasteiger partial charge in [-0.15, -0.1) is 11.3 Å². The average molecular weight is 506 g/mol. The summed E-state index contributed by atoms with van der Waals surface area (Å²) in [6.45, 7) is 2.67. The number of nitrogens with zero attached hydrogens (tertiary/aromatic N) is 4. The molecule has 6 nitrogen and oxygen atoms in total. The van der Waals surface area contributed by atoms with Gasteiger partial charge in [0.05, 0.1) is 21.8 Å². The van der Waals surface area contributed by atoms with Crippen LogP contribution in [0.1, 0.15) is 64.5 Å². The van der Waals surface area contributed by atoms with Crippen molar-refractivity contribution >= 4 is 22.8 Å². The van der Waals surface area contributed by atoms with Gasteiger partial charge in [0.15, 0.2) is 0 Å². The van der Waals surface area contributed by atoms with Crippen molar-refractivity contribution in [2.45, 2.75) is 70.1 Å². The summed E-state index contributed by atoms with van der Waals surface area (Å²) in [7, 11) is 0. The Kier molecular flexibility index (Phi) is 7.11. The van der Waals surface area contributed by atoms with E-state index in [0.717, 1.165) is 74.2 Å². The van der Waals surface area contributed by atoms with Crippen LogP contribution in [-0.2, 0) is 19.4 Å². The lowest BCUT2D eigenvalue weighted by molar-refractivity contribution is -0.134. The summed E-state index contributed by atoms with van der Waals surface area (Å²) in [5, 5.41) is 8.03. The van der Waals surface area contributed by atoms with Crippen LogP contribution < -0.4 is 5.32 Å². The standard InChI is InChI=1S/C25H30F3N5OS/c26-25(27,28)11-7-23-31-20-16-32(14-10-22(20)35-23)13-8-17-3-5-18(6-4-17)30-24(34)19-9-15-33-21(19)2-1-12-29-33/h1-2,9,12,15,17-18H,3-8,10-11,13-14,16H2,(H,30,34)/t17-,18-.